The summed E-state index contributed by atoms with van der Waals surface area (Å²) in [5, 5.41) is 3.36. The van der Waals surface area contributed by atoms with Crippen LogP contribution in [0.3, 0.4) is 0 Å². The molecule has 0 unspecified atom stereocenters. The van der Waals surface area contributed by atoms with Gasteiger partial charge in [-0.2, -0.15) is 13.2 Å². The highest BCUT2D eigenvalue weighted by molar-refractivity contribution is 5.96. The summed E-state index contributed by atoms with van der Waals surface area (Å²) >= 11 is 0. The molecule has 0 aliphatic rings. The van der Waals surface area contributed by atoms with Crippen molar-refractivity contribution in [2.45, 2.75) is 12.7 Å². The molecular formula is C19H16F3N3O3. The van der Waals surface area contributed by atoms with E-state index in [9.17, 15) is 22.8 Å². The summed E-state index contributed by atoms with van der Waals surface area (Å²) in [4.78, 5) is 28.5. The van der Waals surface area contributed by atoms with Gasteiger partial charge in [-0.05, 0) is 29.7 Å². The molecule has 1 aromatic carbocycles. The quantitative estimate of drug-likeness (QED) is 0.726. The summed E-state index contributed by atoms with van der Waals surface area (Å²) in [6.07, 6.45) is -3.33. The summed E-state index contributed by atoms with van der Waals surface area (Å²) in [5.41, 5.74) is 0.664. The molecule has 0 saturated carbocycles. The van der Waals surface area contributed by atoms with Crippen LogP contribution in [0.5, 0.6) is 5.88 Å². The highest BCUT2D eigenvalue weighted by Gasteiger charge is 2.29. The van der Waals surface area contributed by atoms with Gasteiger partial charge in [-0.1, -0.05) is 18.2 Å². The molecule has 0 atom stereocenters. The standard InChI is InChI=1S/C19H16F3N3O3/c1-25-15-7-3-2-5-12(15)9-13(18(25)27)10-24-16(26)14-6-4-8-23-17(14)28-11-19(20,21)22/h2-9H,10-11H2,1H3,(H,24,26). The van der Waals surface area contributed by atoms with Crippen molar-refractivity contribution >= 4 is 16.8 Å². The van der Waals surface area contributed by atoms with E-state index >= 15 is 0 Å². The molecule has 28 heavy (non-hydrogen) atoms. The third-order valence-corrected chi connectivity index (χ3v) is 4.03. The number of para-hydroxylation sites is 1. The van der Waals surface area contributed by atoms with Crippen molar-refractivity contribution in [1.82, 2.24) is 14.9 Å². The van der Waals surface area contributed by atoms with Gasteiger partial charge in [0, 0.05) is 25.4 Å². The number of nitrogens with one attached hydrogen (secondary N) is 1. The Morgan fingerprint density at radius 3 is 2.71 bits per heavy atom. The van der Waals surface area contributed by atoms with E-state index in [2.05, 4.69) is 15.0 Å². The third kappa shape index (κ3) is 4.30. The first-order chi connectivity index (χ1) is 13.3. The van der Waals surface area contributed by atoms with Crippen LogP contribution in [0.4, 0.5) is 13.2 Å². The largest absolute Gasteiger partial charge is 0.467 e. The number of halogens is 3. The van der Waals surface area contributed by atoms with Gasteiger partial charge >= 0.3 is 6.18 Å². The number of amides is 1. The Kier molecular flexibility index (Phi) is 5.34. The molecule has 3 aromatic rings. The fourth-order valence-corrected chi connectivity index (χ4v) is 2.72. The molecule has 2 aromatic heterocycles. The lowest BCUT2D eigenvalue weighted by molar-refractivity contribution is -0.154. The van der Waals surface area contributed by atoms with Gasteiger partial charge in [-0.3, -0.25) is 9.59 Å². The van der Waals surface area contributed by atoms with Gasteiger partial charge in [-0.15, -0.1) is 0 Å². The number of benzene rings is 1. The first-order valence-electron chi connectivity index (χ1n) is 8.26. The van der Waals surface area contributed by atoms with Gasteiger partial charge in [-0.25, -0.2) is 4.98 Å². The predicted octanol–water partition coefficient (Wildman–Crippen LogP) is 2.80. The van der Waals surface area contributed by atoms with Gasteiger partial charge in [0.2, 0.25) is 5.88 Å². The summed E-state index contributed by atoms with van der Waals surface area (Å²) in [7, 11) is 1.63. The first-order valence-corrected chi connectivity index (χ1v) is 8.26. The second kappa shape index (κ2) is 7.71. The summed E-state index contributed by atoms with van der Waals surface area (Å²) in [6.45, 7) is -1.65. The molecule has 9 heteroatoms. The topological polar surface area (TPSA) is 73.2 Å². The maximum Gasteiger partial charge on any atom is 0.422 e. The Bertz CT molecular complexity index is 1080. The second-order valence-electron chi connectivity index (χ2n) is 6.04. The highest BCUT2D eigenvalue weighted by atomic mass is 19.4. The number of nitrogens with zero attached hydrogens (tertiary/aromatic N) is 2. The van der Waals surface area contributed by atoms with Crippen molar-refractivity contribution in [3.05, 3.63) is 70.1 Å². The number of alkyl halides is 3. The van der Waals surface area contributed by atoms with Gasteiger partial charge in [0.15, 0.2) is 6.61 Å². The van der Waals surface area contributed by atoms with Crippen LogP contribution in [0.15, 0.2) is 53.5 Å². The lowest BCUT2D eigenvalue weighted by atomic mass is 10.1. The Hall–Kier alpha value is -3.36. The maximum atomic E-state index is 12.5. The van der Waals surface area contributed by atoms with Crippen LogP contribution >= 0.6 is 0 Å². The summed E-state index contributed by atoms with van der Waals surface area (Å²) in [5.74, 6) is -1.12. The van der Waals surface area contributed by atoms with E-state index in [0.29, 0.717) is 5.56 Å². The monoisotopic (exact) mass is 391 g/mol. The van der Waals surface area contributed by atoms with Crippen molar-refractivity contribution in [3.8, 4) is 5.88 Å². The molecule has 0 radical (unpaired) electrons. The lowest BCUT2D eigenvalue weighted by Crippen LogP contribution is -2.30. The van der Waals surface area contributed by atoms with E-state index in [1.165, 1.54) is 22.9 Å². The Labute approximate surface area is 157 Å². The number of pyridine rings is 2. The number of fused-ring (bicyclic) bond motifs is 1. The summed E-state index contributed by atoms with van der Waals surface area (Å²) < 4.78 is 43.2. The van der Waals surface area contributed by atoms with E-state index in [1.807, 2.05) is 18.2 Å². The van der Waals surface area contributed by atoms with Crippen molar-refractivity contribution < 1.29 is 22.7 Å². The zero-order valence-electron chi connectivity index (χ0n) is 14.8. The minimum absolute atomic E-state index is 0.0933. The van der Waals surface area contributed by atoms with Crippen LogP contribution in [-0.4, -0.2) is 28.2 Å². The minimum Gasteiger partial charge on any atom is -0.467 e. The van der Waals surface area contributed by atoms with Crippen LogP contribution in [0.25, 0.3) is 10.9 Å². The molecule has 0 bridgehead atoms. The van der Waals surface area contributed by atoms with Crippen LogP contribution < -0.4 is 15.6 Å². The number of ether oxygens (including phenoxy) is 1. The van der Waals surface area contributed by atoms with Gasteiger partial charge in [0.05, 0.1) is 5.52 Å². The number of carbonyl (C=O) groups is 1. The van der Waals surface area contributed by atoms with Gasteiger partial charge < -0.3 is 14.6 Å². The number of hydrogen-bond donors (Lipinski definition) is 1. The molecule has 2 heterocycles. The van der Waals surface area contributed by atoms with Crippen LogP contribution in [0, 0.1) is 0 Å². The van der Waals surface area contributed by atoms with Crippen molar-refractivity contribution in [2.75, 3.05) is 6.61 Å². The third-order valence-electron chi connectivity index (χ3n) is 4.03. The number of hydrogen-bond acceptors (Lipinski definition) is 4. The Morgan fingerprint density at radius 1 is 1.21 bits per heavy atom. The summed E-state index contributed by atoms with van der Waals surface area (Å²) in [6, 6.07) is 11.7. The van der Waals surface area contributed by atoms with Crippen molar-refractivity contribution in [1.29, 1.82) is 0 Å². The fourth-order valence-electron chi connectivity index (χ4n) is 2.72. The molecule has 146 valence electrons. The van der Waals surface area contributed by atoms with E-state index in [1.54, 1.807) is 19.2 Å². The average Bonchev–Trinajstić information content (AvgIpc) is 2.67. The van der Waals surface area contributed by atoms with E-state index in [4.69, 9.17) is 0 Å². The Balaban J connectivity index is 1.79. The molecule has 1 N–H and O–H groups in total. The average molecular weight is 391 g/mol. The fraction of sp³-hybridized carbons (Fsp3) is 0.211. The zero-order valence-corrected chi connectivity index (χ0v) is 14.8. The van der Waals surface area contributed by atoms with Gasteiger partial charge in [0.1, 0.15) is 5.56 Å². The van der Waals surface area contributed by atoms with E-state index < -0.39 is 24.6 Å². The molecule has 3 rings (SSSR count). The molecule has 0 aliphatic heterocycles. The van der Waals surface area contributed by atoms with Crippen molar-refractivity contribution in [2.24, 2.45) is 7.05 Å². The molecule has 1 amide bonds. The smallest absolute Gasteiger partial charge is 0.422 e. The minimum atomic E-state index is -4.55. The number of aryl methyl sites for hydroxylation is 1. The predicted molar refractivity (Wildman–Crippen MR) is 96.1 cm³/mol. The van der Waals surface area contributed by atoms with Crippen LogP contribution in [-0.2, 0) is 13.6 Å². The van der Waals surface area contributed by atoms with Gasteiger partial charge in [0.25, 0.3) is 11.5 Å². The van der Waals surface area contributed by atoms with Crippen LogP contribution in [0.1, 0.15) is 15.9 Å². The molecule has 0 aliphatic carbocycles. The van der Waals surface area contributed by atoms with E-state index in [0.717, 1.165) is 10.9 Å². The molecule has 0 spiro atoms. The van der Waals surface area contributed by atoms with E-state index in [-0.39, 0.29) is 17.7 Å². The number of aromatic nitrogens is 2. The molecule has 0 saturated heterocycles. The second-order valence-corrected chi connectivity index (χ2v) is 6.04. The molecular weight excluding hydrogens is 375 g/mol. The normalized spacial score (nSPS) is 11.4. The van der Waals surface area contributed by atoms with Crippen molar-refractivity contribution in [3.63, 3.8) is 0 Å². The first kappa shape index (κ1) is 19.4. The Morgan fingerprint density at radius 2 is 1.96 bits per heavy atom. The SMILES string of the molecule is Cn1c(=O)c(CNC(=O)c2cccnc2OCC(F)(F)F)cc2ccccc21. The molecule has 0 fully saturated rings. The molecule has 6 nitrogen and oxygen atoms in total. The van der Waals surface area contributed by atoms with Crippen LogP contribution in [0.2, 0.25) is 0 Å². The number of carbonyl (C=O) groups excluding carboxylic acids is 1. The number of rotatable bonds is 5. The lowest BCUT2D eigenvalue weighted by Gasteiger charge is -2.12. The highest BCUT2D eigenvalue weighted by Crippen LogP contribution is 2.20. The zero-order chi connectivity index (χ0) is 20.3. The maximum absolute atomic E-state index is 12.5.